The molecule has 1 aromatic rings. The molecule has 20 heavy (non-hydrogen) atoms. The minimum atomic E-state index is 0.577. The molecule has 1 N–H and O–H groups in total. The van der Waals surface area contributed by atoms with Crippen LogP contribution in [0.15, 0.2) is 12.4 Å². The van der Waals surface area contributed by atoms with Crippen molar-refractivity contribution in [1.29, 1.82) is 0 Å². The second kappa shape index (κ2) is 6.74. The average Bonchev–Trinajstić information content (AvgIpc) is 2.91. The van der Waals surface area contributed by atoms with Crippen LogP contribution in [0.1, 0.15) is 36.9 Å². The second-order valence-electron chi connectivity index (χ2n) is 5.93. The molecular weight excluding hydrogens is 250 g/mol. The van der Waals surface area contributed by atoms with Gasteiger partial charge in [0.15, 0.2) is 0 Å². The van der Waals surface area contributed by atoms with Crippen molar-refractivity contribution in [2.24, 2.45) is 0 Å². The summed E-state index contributed by atoms with van der Waals surface area (Å²) in [5.41, 5.74) is 3.10. The van der Waals surface area contributed by atoms with Crippen molar-refractivity contribution < 1.29 is 4.74 Å². The number of hydrogen-bond acceptors (Lipinski definition) is 3. The molecule has 0 bridgehead atoms. The van der Waals surface area contributed by atoms with Gasteiger partial charge in [-0.3, -0.25) is 4.90 Å². The van der Waals surface area contributed by atoms with Gasteiger partial charge in [0.1, 0.15) is 0 Å². The summed E-state index contributed by atoms with van der Waals surface area (Å²) in [5.74, 6) is 0. The first-order valence-electron chi connectivity index (χ1n) is 8.09. The standard InChI is InChI=1S/C16H27N3O/c1-2-17-16-5-3-4-14-12-19(13-15(14)16)7-6-18-8-10-20-11-9-18/h12-13,16-17H,2-11H2,1H3. The molecule has 4 nitrogen and oxygen atoms in total. The van der Waals surface area contributed by atoms with Crippen molar-refractivity contribution in [1.82, 2.24) is 14.8 Å². The number of rotatable bonds is 5. The van der Waals surface area contributed by atoms with Crippen LogP contribution in [0.25, 0.3) is 0 Å². The fourth-order valence-corrected chi connectivity index (χ4v) is 3.42. The number of nitrogens with one attached hydrogen (secondary N) is 1. The molecule has 0 amide bonds. The highest BCUT2D eigenvalue weighted by atomic mass is 16.5. The van der Waals surface area contributed by atoms with Crippen molar-refractivity contribution in [3.8, 4) is 0 Å². The van der Waals surface area contributed by atoms with Crippen LogP contribution in [-0.4, -0.2) is 48.9 Å². The van der Waals surface area contributed by atoms with Crippen LogP contribution >= 0.6 is 0 Å². The Morgan fingerprint density at radius 1 is 1.25 bits per heavy atom. The molecule has 3 rings (SSSR count). The molecule has 1 aliphatic carbocycles. The zero-order valence-electron chi connectivity index (χ0n) is 12.6. The predicted molar refractivity (Wildman–Crippen MR) is 81.0 cm³/mol. The number of ether oxygens (including phenoxy) is 1. The number of nitrogens with zero attached hydrogens (tertiary/aromatic N) is 2. The Kier molecular flexibility index (Phi) is 4.76. The van der Waals surface area contributed by atoms with Crippen LogP contribution in [0.5, 0.6) is 0 Å². The van der Waals surface area contributed by atoms with Crippen molar-refractivity contribution in [3.05, 3.63) is 23.5 Å². The van der Waals surface area contributed by atoms with E-state index in [1.165, 1.54) is 19.3 Å². The molecule has 2 aliphatic rings. The minimum absolute atomic E-state index is 0.577. The Balaban J connectivity index is 1.60. The van der Waals surface area contributed by atoms with Crippen LogP contribution in [-0.2, 0) is 17.7 Å². The minimum Gasteiger partial charge on any atom is -0.379 e. The van der Waals surface area contributed by atoms with Gasteiger partial charge in [0.25, 0.3) is 0 Å². The van der Waals surface area contributed by atoms with E-state index in [0.29, 0.717) is 6.04 Å². The van der Waals surface area contributed by atoms with Gasteiger partial charge in [0, 0.05) is 44.6 Å². The van der Waals surface area contributed by atoms with Crippen LogP contribution in [0.3, 0.4) is 0 Å². The van der Waals surface area contributed by atoms with Gasteiger partial charge in [-0.2, -0.15) is 0 Å². The third-order valence-corrected chi connectivity index (χ3v) is 4.54. The zero-order valence-corrected chi connectivity index (χ0v) is 12.6. The van der Waals surface area contributed by atoms with Gasteiger partial charge in [0.2, 0.25) is 0 Å². The van der Waals surface area contributed by atoms with E-state index in [-0.39, 0.29) is 0 Å². The summed E-state index contributed by atoms with van der Waals surface area (Å²) in [6, 6.07) is 0.577. The van der Waals surface area contributed by atoms with Gasteiger partial charge in [-0.1, -0.05) is 6.92 Å². The molecule has 4 heteroatoms. The van der Waals surface area contributed by atoms with Crippen molar-refractivity contribution in [3.63, 3.8) is 0 Å². The zero-order chi connectivity index (χ0) is 13.8. The predicted octanol–water partition coefficient (Wildman–Crippen LogP) is 1.81. The Morgan fingerprint density at radius 3 is 2.90 bits per heavy atom. The summed E-state index contributed by atoms with van der Waals surface area (Å²) >= 11 is 0. The molecule has 1 saturated heterocycles. The molecule has 1 aromatic heterocycles. The van der Waals surface area contributed by atoms with E-state index in [9.17, 15) is 0 Å². The number of aromatic nitrogens is 1. The molecular formula is C16H27N3O. The Bertz CT molecular complexity index is 423. The third kappa shape index (κ3) is 3.25. The van der Waals surface area contributed by atoms with E-state index in [4.69, 9.17) is 4.74 Å². The molecule has 1 unspecified atom stereocenters. The monoisotopic (exact) mass is 277 g/mol. The van der Waals surface area contributed by atoms with Gasteiger partial charge in [0.05, 0.1) is 13.2 Å². The van der Waals surface area contributed by atoms with Gasteiger partial charge in [-0.05, 0) is 36.9 Å². The fourth-order valence-electron chi connectivity index (χ4n) is 3.42. The Morgan fingerprint density at radius 2 is 2.10 bits per heavy atom. The molecule has 112 valence electrons. The van der Waals surface area contributed by atoms with Crippen LogP contribution in [0.2, 0.25) is 0 Å². The third-order valence-electron chi connectivity index (χ3n) is 4.54. The highest BCUT2D eigenvalue weighted by Crippen LogP contribution is 2.30. The first kappa shape index (κ1) is 14.1. The molecule has 0 radical (unpaired) electrons. The lowest BCUT2D eigenvalue weighted by Gasteiger charge is -2.26. The molecule has 0 aromatic carbocycles. The topological polar surface area (TPSA) is 29.4 Å². The SMILES string of the molecule is CCNC1CCCc2cn(CCN3CCOCC3)cc21. The maximum absolute atomic E-state index is 5.40. The van der Waals surface area contributed by atoms with Crippen LogP contribution in [0.4, 0.5) is 0 Å². The largest absolute Gasteiger partial charge is 0.379 e. The maximum Gasteiger partial charge on any atom is 0.0594 e. The van der Waals surface area contributed by atoms with Crippen molar-refractivity contribution in [2.45, 2.75) is 38.8 Å². The molecule has 0 saturated carbocycles. The summed E-state index contributed by atoms with van der Waals surface area (Å²) in [6.07, 6.45) is 8.61. The summed E-state index contributed by atoms with van der Waals surface area (Å²) < 4.78 is 7.80. The average molecular weight is 277 g/mol. The quantitative estimate of drug-likeness (QED) is 0.890. The van der Waals surface area contributed by atoms with E-state index >= 15 is 0 Å². The molecule has 1 aliphatic heterocycles. The van der Waals surface area contributed by atoms with Crippen LogP contribution < -0.4 is 5.32 Å². The first-order chi connectivity index (χ1) is 9.86. The fraction of sp³-hybridized carbons (Fsp3) is 0.750. The summed E-state index contributed by atoms with van der Waals surface area (Å²) in [6.45, 7) is 9.46. The molecule has 0 spiro atoms. The smallest absolute Gasteiger partial charge is 0.0594 e. The normalized spacial score (nSPS) is 23.8. The van der Waals surface area contributed by atoms with Crippen molar-refractivity contribution in [2.75, 3.05) is 39.4 Å². The number of hydrogen-bond donors (Lipinski definition) is 1. The highest BCUT2D eigenvalue weighted by Gasteiger charge is 2.21. The van der Waals surface area contributed by atoms with E-state index in [1.54, 1.807) is 11.1 Å². The van der Waals surface area contributed by atoms with E-state index in [2.05, 4.69) is 34.1 Å². The number of fused-ring (bicyclic) bond motifs is 1. The number of aryl methyl sites for hydroxylation is 1. The molecule has 1 atom stereocenters. The second-order valence-corrected chi connectivity index (χ2v) is 5.93. The lowest BCUT2D eigenvalue weighted by atomic mass is 9.91. The van der Waals surface area contributed by atoms with E-state index in [0.717, 1.165) is 45.9 Å². The highest BCUT2D eigenvalue weighted by molar-refractivity contribution is 5.30. The Labute approximate surface area is 122 Å². The van der Waals surface area contributed by atoms with Gasteiger partial charge in [-0.25, -0.2) is 0 Å². The summed E-state index contributed by atoms with van der Waals surface area (Å²) in [5, 5.41) is 3.62. The number of morpholine rings is 1. The lowest BCUT2D eigenvalue weighted by Crippen LogP contribution is -2.38. The summed E-state index contributed by atoms with van der Waals surface area (Å²) in [4.78, 5) is 2.50. The Hall–Kier alpha value is -0.840. The first-order valence-corrected chi connectivity index (χ1v) is 8.09. The summed E-state index contributed by atoms with van der Waals surface area (Å²) in [7, 11) is 0. The van der Waals surface area contributed by atoms with Gasteiger partial charge in [-0.15, -0.1) is 0 Å². The van der Waals surface area contributed by atoms with Crippen molar-refractivity contribution >= 4 is 0 Å². The van der Waals surface area contributed by atoms with E-state index in [1.807, 2.05) is 0 Å². The van der Waals surface area contributed by atoms with Gasteiger partial charge < -0.3 is 14.6 Å². The van der Waals surface area contributed by atoms with Gasteiger partial charge >= 0.3 is 0 Å². The van der Waals surface area contributed by atoms with Crippen LogP contribution in [0, 0.1) is 0 Å². The molecule has 2 heterocycles. The molecule has 1 fully saturated rings. The van der Waals surface area contributed by atoms with E-state index < -0.39 is 0 Å². The lowest BCUT2D eigenvalue weighted by molar-refractivity contribution is 0.0364. The maximum atomic E-state index is 5.40.